The van der Waals surface area contributed by atoms with E-state index in [2.05, 4.69) is 4.98 Å². The second-order valence-corrected chi connectivity index (χ2v) is 13.9. The average molecular weight is 538 g/mol. The van der Waals surface area contributed by atoms with Crippen LogP contribution in [0.2, 0.25) is 23.3 Å². The maximum Gasteiger partial charge on any atom is 0.419 e. The number of alkyl halides is 3. The van der Waals surface area contributed by atoms with Gasteiger partial charge in [-0.05, 0) is 46.8 Å². The molecule has 0 aliphatic rings. The van der Waals surface area contributed by atoms with Crippen molar-refractivity contribution in [3.8, 4) is 5.75 Å². The molecule has 0 bridgehead atoms. The quantitative estimate of drug-likeness (QED) is 0.232. The molecule has 154 valence electrons. The van der Waals surface area contributed by atoms with Gasteiger partial charge in [0.2, 0.25) is 0 Å². The fourth-order valence-electron chi connectivity index (χ4n) is 1.77. The van der Waals surface area contributed by atoms with Gasteiger partial charge in [0.1, 0.15) is 6.61 Å². The zero-order valence-corrected chi connectivity index (χ0v) is 20.0. The number of rotatable bonds is 7. The standard InChI is InChI=1S/C17H24ClF3INO3Si/c1-7-10(24)9-25-13-11(22)8-12(23-15(13)18)14(17(19,20)21)26-27(5,6)16(2,3)4/h8,14H,7,9H2,1-6H3. The van der Waals surface area contributed by atoms with Gasteiger partial charge in [-0.1, -0.05) is 39.3 Å². The predicted molar refractivity (Wildman–Crippen MR) is 110 cm³/mol. The van der Waals surface area contributed by atoms with E-state index >= 15 is 0 Å². The lowest BCUT2D eigenvalue weighted by molar-refractivity contribution is -0.202. The molecule has 27 heavy (non-hydrogen) atoms. The number of ketones is 1. The van der Waals surface area contributed by atoms with Gasteiger partial charge in [0, 0.05) is 6.42 Å². The van der Waals surface area contributed by atoms with E-state index in [0.717, 1.165) is 0 Å². The van der Waals surface area contributed by atoms with Gasteiger partial charge in [-0.15, -0.1) is 0 Å². The second kappa shape index (κ2) is 8.96. The third kappa shape index (κ3) is 6.57. The molecule has 0 radical (unpaired) electrons. The smallest absolute Gasteiger partial charge is 0.419 e. The van der Waals surface area contributed by atoms with Gasteiger partial charge in [0.25, 0.3) is 0 Å². The molecular weight excluding hydrogens is 514 g/mol. The van der Waals surface area contributed by atoms with E-state index in [1.165, 1.54) is 6.07 Å². The summed E-state index contributed by atoms with van der Waals surface area (Å²) in [5, 5.41) is -0.634. The van der Waals surface area contributed by atoms with Crippen molar-refractivity contribution in [2.45, 2.75) is 64.5 Å². The second-order valence-electron chi connectivity index (χ2n) is 7.63. The van der Waals surface area contributed by atoms with Gasteiger partial charge in [0.15, 0.2) is 31.1 Å². The van der Waals surface area contributed by atoms with Crippen LogP contribution in [0.5, 0.6) is 5.75 Å². The summed E-state index contributed by atoms with van der Waals surface area (Å²) >= 11 is 7.87. The molecule has 0 fully saturated rings. The molecule has 0 amide bonds. The van der Waals surface area contributed by atoms with Crippen LogP contribution in [0.3, 0.4) is 0 Å². The summed E-state index contributed by atoms with van der Waals surface area (Å²) in [5.41, 5.74) is -0.323. The molecule has 1 aromatic rings. The number of carbonyl (C=O) groups is 1. The van der Waals surface area contributed by atoms with Crippen molar-refractivity contribution < 1.29 is 27.1 Å². The fraction of sp³-hybridized carbons (Fsp3) is 0.647. The lowest BCUT2D eigenvalue weighted by Gasteiger charge is -2.39. The molecule has 4 nitrogen and oxygen atoms in total. The summed E-state index contributed by atoms with van der Waals surface area (Å²) in [7, 11) is -2.73. The van der Waals surface area contributed by atoms with Crippen LogP contribution in [-0.2, 0) is 9.22 Å². The Morgan fingerprint density at radius 1 is 1.33 bits per heavy atom. The fourth-order valence-corrected chi connectivity index (χ4v) is 4.11. The van der Waals surface area contributed by atoms with Crippen LogP contribution in [-0.4, -0.2) is 31.9 Å². The molecule has 1 rings (SSSR count). The highest BCUT2D eigenvalue weighted by atomic mass is 127. The monoisotopic (exact) mass is 537 g/mol. The molecular formula is C17H24ClF3INO3Si. The first kappa shape index (κ1) is 24.6. The van der Waals surface area contributed by atoms with Gasteiger partial charge >= 0.3 is 6.18 Å². The Hall–Kier alpha value is -0.393. The highest BCUT2D eigenvalue weighted by molar-refractivity contribution is 14.1. The van der Waals surface area contributed by atoms with Crippen LogP contribution >= 0.6 is 34.2 Å². The number of hydrogen-bond donors (Lipinski definition) is 0. The first-order valence-electron chi connectivity index (χ1n) is 8.35. The SMILES string of the molecule is CCC(=O)COc1c(I)cc(C(O[Si](C)(C)C(C)(C)C)C(F)(F)F)nc1Cl. The van der Waals surface area contributed by atoms with E-state index in [0.29, 0.717) is 3.57 Å². The number of Topliss-reactive ketones (excluding diaryl/α,β-unsaturated/α-hetero) is 1. The molecule has 0 N–H and O–H groups in total. The molecule has 0 aliphatic heterocycles. The Labute approximate surface area is 177 Å². The Balaban J connectivity index is 3.27. The van der Waals surface area contributed by atoms with Crippen LogP contribution in [0.1, 0.15) is 45.9 Å². The van der Waals surface area contributed by atoms with Crippen molar-refractivity contribution in [2.75, 3.05) is 6.61 Å². The summed E-state index contributed by atoms with van der Waals surface area (Å²) < 4.78 is 52.4. The summed E-state index contributed by atoms with van der Waals surface area (Å²) in [5.74, 6) is -0.0589. The molecule has 0 spiro atoms. The van der Waals surface area contributed by atoms with E-state index in [-0.39, 0.29) is 35.4 Å². The largest absolute Gasteiger partial charge is 0.481 e. The highest BCUT2D eigenvalue weighted by Gasteiger charge is 2.49. The Bertz CT molecular complexity index is 670. The zero-order chi connectivity index (χ0) is 21.2. The van der Waals surface area contributed by atoms with E-state index in [1.807, 2.05) is 43.4 Å². The number of pyridine rings is 1. The Morgan fingerprint density at radius 2 is 1.89 bits per heavy atom. The Kier molecular flexibility index (Phi) is 8.18. The van der Waals surface area contributed by atoms with Crippen molar-refractivity contribution in [2.24, 2.45) is 0 Å². The van der Waals surface area contributed by atoms with Gasteiger partial charge in [-0.3, -0.25) is 4.79 Å². The van der Waals surface area contributed by atoms with Gasteiger partial charge in [0.05, 0.1) is 9.26 Å². The van der Waals surface area contributed by atoms with Crippen molar-refractivity contribution in [1.82, 2.24) is 4.98 Å². The average Bonchev–Trinajstić information content (AvgIpc) is 2.49. The normalized spacial score (nSPS) is 14.2. The van der Waals surface area contributed by atoms with Crippen LogP contribution in [0, 0.1) is 3.57 Å². The molecule has 0 saturated carbocycles. The molecule has 1 heterocycles. The molecule has 1 aromatic heterocycles. The van der Waals surface area contributed by atoms with E-state index in [1.54, 1.807) is 20.0 Å². The van der Waals surface area contributed by atoms with E-state index in [9.17, 15) is 18.0 Å². The molecule has 0 aliphatic carbocycles. The minimum absolute atomic E-state index is 0.0936. The van der Waals surface area contributed by atoms with Crippen molar-refractivity contribution in [3.05, 3.63) is 20.5 Å². The number of ether oxygens (including phenoxy) is 1. The number of halogens is 5. The summed E-state index contributed by atoms with van der Waals surface area (Å²) in [4.78, 5) is 15.3. The number of hydrogen-bond acceptors (Lipinski definition) is 4. The van der Waals surface area contributed by atoms with Gasteiger partial charge < -0.3 is 9.16 Å². The van der Waals surface area contributed by atoms with Crippen molar-refractivity contribution in [3.63, 3.8) is 0 Å². The molecule has 1 atom stereocenters. The third-order valence-corrected chi connectivity index (χ3v) is 9.96. The lowest BCUT2D eigenvalue weighted by Crippen LogP contribution is -2.44. The lowest BCUT2D eigenvalue weighted by atomic mass is 10.2. The molecule has 0 aromatic carbocycles. The third-order valence-electron chi connectivity index (χ3n) is 4.46. The Morgan fingerprint density at radius 3 is 2.30 bits per heavy atom. The molecule has 10 heteroatoms. The summed E-state index contributed by atoms with van der Waals surface area (Å²) in [6, 6.07) is 1.24. The van der Waals surface area contributed by atoms with Crippen LogP contribution in [0.25, 0.3) is 0 Å². The minimum Gasteiger partial charge on any atom is -0.481 e. The maximum absolute atomic E-state index is 13.7. The van der Waals surface area contributed by atoms with Gasteiger partial charge in [-0.2, -0.15) is 13.2 Å². The predicted octanol–water partition coefficient (Wildman–Crippen LogP) is 6.32. The first-order valence-corrected chi connectivity index (χ1v) is 12.7. The summed E-state index contributed by atoms with van der Waals surface area (Å²) in [6.07, 6.45) is -6.54. The van der Waals surface area contributed by atoms with Crippen LogP contribution < -0.4 is 4.74 Å². The highest BCUT2D eigenvalue weighted by Crippen LogP contribution is 2.45. The molecule has 1 unspecified atom stereocenters. The number of nitrogens with zero attached hydrogens (tertiary/aromatic N) is 1. The first-order chi connectivity index (χ1) is 12.1. The van der Waals surface area contributed by atoms with Crippen LogP contribution in [0.4, 0.5) is 13.2 Å². The minimum atomic E-state index is -4.64. The van der Waals surface area contributed by atoms with Crippen LogP contribution in [0.15, 0.2) is 6.07 Å². The van der Waals surface area contributed by atoms with Crippen molar-refractivity contribution in [1.29, 1.82) is 0 Å². The topological polar surface area (TPSA) is 48.4 Å². The van der Waals surface area contributed by atoms with E-state index < -0.39 is 25.6 Å². The maximum atomic E-state index is 13.7. The molecule has 0 saturated heterocycles. The van der Waals surface area contributed by atoms with E-state index in [4.69, 9.17) is 20.8 Å². The van der Waals surface area contributed by atoms with Crippen molar-refractivity contribution >= 4 is 48.3 Å². The zero-order valence-electron chi connectivity index (χ0n) is 16.1. The number of aromatic nitrogens is 1. The summed E-state index contributed by atoms with van der Waals surface area (Å²) in [6.45, 7) is 10.5. The van der Waals surface area contributed by atoms with Gasteiger partial charge in [-0.25, -0.2) is 4.98 Å². The number of carbonyl (C=O) groups excluding carboxylic acids is 1.